The van der Waals surface area contributed by atoms with Crippen LogP contribution in [0.5, 0.6) is 0 Å². The number of nitrogens with two attached hydrogens (primary N) is 1. The molecule has 0 atom stereocenters. The van der Waals surface area contributed by atoms with Crippen molar-refractivity contribution in [1.29, 1.82) is 0 Å². The molecule has 4 N–H and O–H groups in total. The summed E-state index contributed by atoms with van der Waals surface area (Å²) in [6, 6.07) is 7.56. The van der Waals surface area contributed by atoms with Gasteiger partial charge in [0.15, 0.2) is 0 Å². The Labute approximate surface area is 113 Å². The number of amides is 2. The molecule has 0 spiro atoms. The monoisotopic (exact) mass is 271 g/mol. The zero-order valence-electron chi connectivity index (χ0n) is 10.2. The van der Waals surface area contributed by atoms with Crippen molar-refractivity contribution in [2.24, 2.45) is 5.73 Å². The molecular formula is C12H18ClN3O2. The first kappa shape index (κ1) is 16.4. The van der Waals surface area contributed by atoms with Crippen LogP contribution in [0.25, 0.3) is 0 Å². The Balaban J connectivity index is 0.00000289. The van der Waals surface area contributed by atoms with Crippen molar-refractivity contribution >= 4 is 29.9 Å². The van der Waals surface area contributed by atoms with E-state index in [9.17, 15) is 9.59 Å². The van der Waals surface area contributed by atoms with Crippen molar-refractivity contribution in [3.8, 4) is 0 Å². The quantitative estimate of drug-likeness (QED) is 0.736. The standard InChI is InChI=1S/C12H17N3O2.ClH/c1-2-9-5-3-4-6-10(9)15-12(17)8-14-11(16)7-13;/h3-6H,2,7-8,13H2,1H3,(H,14,16)(H,15,17);1H. The fraction of sp³-hybridized carbons (Fsp3) is 0.333. The molecule has 0 saturated carbocycles. The van der Waals surface area contributed by atoms with Crippen LogP contribution in [0.3, 0.4) is 0 Å². The second-order valence-corrected chi connectivity index (χ2v) is 3.54. The Bertz CT molecular complexity index is 410. The maximum Gasteiger partial charge on any atom is 0.243 e. The van der Waals surface area contributed by atoms with E-state index in [4.69, 9.17) is 5.73 Å². The third-order valence-electron chi connectivity index (χ3n) is 2.30. The van der Waals surface area contributed by atoms with Crippen LogP contribution in [0.1, 0.15) is 12.5 Å². The Hall–Kier alpha value is -1.59. The summed E-state index contributed by atoms with van der Waals surface area (Å²) in [7, 11) is 0. The minimum absolute atomic E-state index is 0. The number of hydrogen-bond acceptors (Lipinski definition) is 3. The Morgan fingerprint density at radius 1 is 1.22 bits per heavy atom. The number of anilines is 1. The summed E-state index contributed by atoms with van der Waals surface area (Å²) in [6.07, 6.45) is 0.839. The first-order valence-corrected chi connectivity index (χ1v) is 5.52. The van der Waals surface area contributed by atoms with Crippen molar-refractivity contribution in [3.63, 3.8) is 0 Å². The van der Waals surface area contributed by atoms with Gasteiger partial charge >= 0.3 is 0 Å². The van der Waals surface area contributed by atoms with Crippen molar-refractivity contribution in [2.75, 3.05) is 18.4 Å². The van der Waals surface area contributed by atoms with Gasteiger partial charge in [-0.1, -0.05) is 25.1 Å². The molecule has 0 saturated heterocycles. The predicted octanol–water partition coefficient (Wildman–Crippen LogP) is 0.684. The molecule has 2 amide bonds. The maximum atomic E-state index is 11.5. The van der Waals surface area contributed by atoms with Gasteiger partial charge in [0.1, 0.15) is 0 Å². The van der Waals surface area contributed by atoms with Gasteiger partial charge in [-0.05, 0) is 18.1 Å². The molecule has 1 aromatic rings. The Kier molecular flexibility index (Phi) is 7.74. The van der Waals surface area contributed by atoms with Crippen LogP contribution < -0.4 is 16.4 Å². The highest BCUT2D eigenvalue weighted by molar-refractivity contribution is 5.95. The molecule has 6 heteroatoms. The lowest BCUT2D eigenvalue weighted by Crippen LogP contribution is -2.36. The lowest BCUT2D eigenvalue weighted by Gasteiger charge is -2.09. The summed E-state index contributed by atoms with van der Waals surface area (Å²) in [4.78, 5) is 22.4. The molecule has 18 heavy (non-hydrogen) atoms. The summed E-state index contributed by atoms with van der Waals surface area (Å²) in [5, 5.41) is 5.16. The highest BCUT2D eigenvalue weighted by Crippen LogP contribution is 2.14. The molecular weight excluding hydrogens is 254 g/mol. The molecule has 5 nitrogen and oxygen atoms in total. The smallest absolute Gasteiger partial charge is 0.243 e. The summed E-state index contributed by atoms with van der Waals surface area (Å²) >= 11 is 0. The van der Waals surface area contributed by atoms with Crippen LogP contribution in [0.2, 0.25) is 0 Å². The topological polar surface area (TPSA) is 84.2 Å². The number of carbonyl (C=O) groups excluding carboxylic acids is 2. The van der Waals surface area contributed by atoms with E-state index in [2.05, 4.69) is 10.6 Å². The molecule has 0 radical (unpaired) electrons. The molecule has 0 aliphatic carbocycles. The molecule has 0 heterocycles. The van der Waals surface area contributed by atoms with Crippen LogP contribution in [0, 0.1) is 0 Å². The zero-order chi connectivity index (χ0) is 12.7. The molecule has 100 valence electrons. The SMILES string of the molecule is CCc1ccccc1NC(=O)CNC(=O)CN.Cl. The first-order chi connectivity index (χ1) is 8.17. The predicted molar refractivity (Wildman–Crippen MR) is 73.8 cm³/mol. The number of rotatable bonds is 5. The summed E-state index contributed by atoms with van der Waals surface area (Å²) in [6.45, 7) is 1.84. The molecule has 0 fully saturated rings. The average Bonchev–Trinajstić information content (AvgIpc) is 2.36. The summed E-state index contributed by atoms with van der Waals surface area (Å²) in [5.41, 5.74) is 6.95. The van der Waals surface area contributed by atoms with Crippen molar-refractivity contribution in [1.82, 2.24) is 5.32 Å². The van der Waals surface area contributed by atoms with E-state index in [-0.39, 0.29) is 37.3 Å². The van der Waals surface area contributed by atoms with Gasteiger partial charge in [0, 0.05) is 5.69 Å². The number of hydrogen-bond donors (Lipinski definition) is 3. The number of benzene rings is 1. The van der Waals surface area contributed by atoms with Gasteiger partial charge in [0.25, 0.3) is 0 Å². The van der Waals surface area contributed by atoms with Gasteiger partial charge in [-0.2, -0.15) is 0 Å². The first-order valence-electron chi connectivity index (χ1n) is 5.52. The maximum absolute atomic E-state index is 11.5. The van der Waals surface area contributed by atoms with E-state index >= 15 is 0 Å². The third kappa shape index (κ3) is 5.16. The normalized spacial score (nSPS) is 9.22. The fourth-order valence-corrected chi connectivity index (χ4v) is 1.40. The largest absolute Gasteiger partial charge is 0.346 e. The van der Waals surface area contributed by atoms with Gasteiger partial charge in [0.2, 0.25) is 11.8 Å². The molecule has 1 aromatic carbocycles. The van der Waals surface area contributed by atoms with Gasteiger partial charge < -0.3 is 16.4 Å². The van der Waals surface area contributed by atoms with Gasteiger partial charge in [0.05, 0.1) is 13.1 Å². The van der Waals surface area contributed by atoms with E-state index in [0.29, 0.717) is 0 Å². The number of para-hydroxylation sites is 1. The third-order valence-corrected chi connectivity index (χ3v) is 2.30. The highest BCUT2D eigenvalue weighted by Gasteiger charge is 2.06. The molecule has 0 aromatic heterocycles. The zero-order valence-corrected chi connectivity index (χ0v) is 11.0. The van der Waals surface area contributed by atoms with Crippen molar-refractivity contribution in [2.45, 2.75) is 13.3 Å². The van der Waals surface area contributed by atoms with E-state index < -0.39 is 0 Å². The number of halogens is 1. The van der Waals surface area contributed by atoms with Crippen molar-refractivity contribution < 1.29 is 9.59 Å². The molecule has 1 rings (SSSR count). The van der Waals surface area contributed by atoms with E-state index in [1.807, 2.05) is 31.2 Å². The Morgan fingerprint density at radius 2 is 1.89 bits per heavy atom. The minimum Gasteiger partial charge on any atom is -0.346 e. The fourth-order valence-electron chi connectivity index (χ4n) is 1.40. The lowest BCUT2D eigenvalue weighted by atomic mass is 10.1. The van der Waals surface area contributed by atoms with Crippen LogP contribution in [-0.4, -0.2) is 24.9 Å². The van der Waals surface area contributed by atoms with E-state index in [1.165, 1.54) is 0 Å². The average molecular weight is 272 g/mol. The van der Waals surface area contributed by atoms with E-state index in [1.54, 1.807) is 0 Å². The second-order valence-electron chi connectivity index (χ2n) is 3.54. The molecule has 0 bridgehead atoms. The second kappa shape index (κ2) is 8.49. The number of nitrogens with one attached hydrogen (secondary N) is 2. The minimum atomic E-state index is -0.344. The van der Waals surface area contributed by atoms with Gasteiger partial charge in [-0.25, -0.2) is 0 Å². The Morgan fingerprint density at radius 3 is 2.50 bits per heavy atom. The van der Waals surface area contributed by atoms with Crippen LogP contribution in [-0.2, 0) is 16.0 Å². The van der Waals surface area contributed by atoms with Crippen molar-refractivity contribution in [3.05, 3.63) is 29.8 Å². The highest BCUT2D eigenvalue weighted by atomic mass is 35.5. The summed E-state index contributed by atoms with van der Waals surface area (Å²) < 4.78 is 0. The van der Waals surface area contributed by atoms with Crippen LogP contribution in [0.4, 0.5) is 5.69 Å². The molecule has 0 unspecified atom stereocenters. The van der Waals surface area contributed by atoms with Gasteiger partial charge in [-0.3, -0.25) is 9.59 Å². The number of aryl methyl sites for hydroxylation is 1. The number of carbonyl (C=O) groups is 2. The van der Waals surface area contributed by atoms with Crippen LogP contribution in [0.15, 0.2) is 24.3 Å². The van der Waals surface area contributed by atoms with E-state index in [0.717, 1.165) is 17.7 Å². The van der Waals surface area contributed by atoms with Crippen LogP contribution >= 0.6 is 12.4 Å². The molecule has 0 aliphatic heterocycles. The lowest BCUT2D eigenvalue weighted by molar-refractivity contribution is -0.123. The van der Waals surface area contributed by atoms with Gasteiger partial charge in [-0.15, -0.1) is 12.4 Å². The molecule has 0 aliphatic rings. The summed E-state index contributed by atoms with van der Waals surface area (Å²) in [5.74, 6) is -0.600.